The van der Waals surface area contributed by atoms with Crippen LogP contribution in [0.2, 0.25) is 0 Å². The molecule has 3 heteroatoms. The summed E-state index contributed by atoms with van der Waals surface area (Å²) in [4.78, 5) is 2.10. The number of rotatable bonds is 2. The van der Waals surface area contributed by atoms with Crippen LogP contribution in [0.4, 0.5) is 0 Å². The van der Waals surface area contributed by atoms with Gasteiger partial charge < -0.3 is 14.7 Å². The van der Waals surface area contributed by atoms with Crippen LogP contribution in [0.3, 0.4) is 0 Å². The average molecular weight is 201 g/mol. The number of ether oxygens (including phenoxy) is 1. The van der Waals surface area contributed by atoms with Crippen molar-refractivity contribution in [3.63, 3.8) is 0 Å². The Kier molecular flexibility index (Phi) is 3.93. The summed E-state index contributed by atoms with van der Waals surface area (Å²) in [5.74, 6) is 0.371. The van der Waals surface area contributed by atoms with Crippen LogP contribution >= 0.6 is 0 Å². The Bertz CT molecular complexity index is 164. The summed E-state index contributed by atoms with van der Waals surface area (Å²) in [5, 5.41) is 10.1. The molecule has 1 heterocycles. The molecule has 0 aromatic heterocycles. The highest BCUT2D eigenvalue weighted by Crippen LogP contribution is 2.27. The van der Waals surface area contributed by atoms with Crippen LogP contribution in [-0.2, 0) is 4.74 Å². The number of aliphatic hydroxyl groups excluding tert-OH is 1. The predicted octanol–water partition coefficient (Wildman–Crippen LogP) is 1.11. The summed E-state index contributed by atoms with van der Waals surface area (Å²) in [6, 6.07) is 0.228. The Morgan fingerprint density at radius 1 is 1.36 bits per heavy atom. The fourth-order valence-electron chi connectivity index (χ4n) is 2.17. The summed E-state index contributed by atoms with van der Waals surface area (Å²) in [7, 11) is 4.03. The second kappa shape index (κ2) is 4.60. The van der Waals surface area contributed by atoms with Gasteiger partial charge in [0, 0.05) is 6.04 Å². The highest BCUT2D eigenvalue weighted by atomic mass is 16.5. The Labute approximate surface area is 87.1 Å². The first-order valence-electron chi connectivity index (χ1n) is 5.43. The normalized spacial score (nSPS) is 39.4. The van der Waals surface area contributed by atoms with E-state index in [4.69, 9.17) is 4.74 Å². The molecular formula is C11H23NO2. The summed E-state index contributed by atoms with van der Waals surface area (Å²) in [6.45, 7) is 6.27. The van der Waals surface area contributed by atoms with Crippen molar-refractivity contribution in [3.05, 3.63) is 0 Å². The van der Waals surface area contributed by atoms with E-state index in [2.05, 4.69) is 25.7 Å². The van der Waals surface area contributed by atoms with Gasteiger partial charge in [-0.05, 0) is 33.4 Å². The molecule has 1 rings (SSSR count). The topological polar surface area (TPSA) is 32.7 Å². The Hall–Kier alpha value is -0.120. The lowest BCUT2D eigenvalue weighted by molar-refractivity contribution is -0.157. The number of hydrogen-bond acceptors (Lipinski definition) is 3. The second-order valence-electron chi connectivity index (χ2n) is 4.91. The van der Waals surface area contributed by atoms with Gasteiger partial charge in [-0.15, -0.1) is 0 Å². The van der Waals surface area contributed by atoms with E-state index in [0.29, 0.717) is 5.92 Å². The lowest BCUT2D eigenvalue weighted by Crippen LogP contribution is -2.54. The van der Waals surface area contributed by atoms with Gasteiger partial charge in [0.25, 0.3) is 0 Å². The summed E-state index contributed by atoms with van der Waals surface area (Å²) < 4.78 is 5.76. The highest BCUT2D eigenvalue weighted by Gasteiger charge is 2.38. The van der Waals surface area contributed by atoms with Crippen molar-refractivity contribution in [2.45, 2.75) is 51.5 Å². The minimum Gasteiger partial charge on any atom is -0.389 e. The van der Waals surface area contributed by atoms with Gasteiger partial charge in [-0.1, -0.05) is 13.8 Å². The Morgan fingerprint density at radius 3 is 2.36 bits per heavy atom. The lowest BCUT2D eigenvalue weighted by atomic mass is 9.89. The molecule has 0 saturated carbocycles. The van der Waals surface area contributed by atoms with Crippen LogP contribution in [0.5, 0.6) is 0 Å². The van der Waals surface area contributed by atoms with Crippen LogP contribution in [-0.4, -0.2) is 48.5 Å². The molecule has 0 aromatic carbocycles. The van der Waals surface area contributed by atoms with Crippen molar-refractivity contribution < 1.29 is 9.84 Å². The third kappa shape index (κ3) is 2.47. The van der Waals surface area contributed by atoms with Gasteiger partial charge in [-0.3, -0.25) is 0 Å². The molecule has 0 radical (unpaired) electrons. The van der Waals surface area contributed by atoms with Gasteiger partial charge in [0.2, 0.25) is 0 Å². The smallest absolute Gasteiger partial charge is 0.0959 e. The molecular weight excluding hydrogens is 178 g/mol. The SMILES string of the molecule is CC1CC(N(C)C)C(O)C(C(C)C)O1. The fraction of sp³-hybridized carbons (Fsp3) is 1.00. The van der Waals surface area contributed by atoms with Gasteiger partial charge >= 0.3 is 0 Å². The maximum absolute atomic E-state index is 10.1. The van der Waals surface area contributed by atoms with Crippen molar-refractivity contribution in [2.24, 2.45) is 5.92 Å². The lowest BCUT2D eigenvalue weighted by Gasteiger charge is -2.42. The van der Waals surface area contributed by atoms with Crippen molar-refractivity contribution in [1.29, 1.82) is 0 Å². The number of likely N-dealkylation sites (N-methyl/N-ethyl adjacent to an activating group) is 1. The molecule has 1 saturated heterocycles. The third-order valence-electron chi connectivity index (χ3n) is 3.01. The zero-order valence-electron chi connectivity index (χ0n) is 9.90. The van der Waals surface area contributed by atoms with Crippen LogP contribution in [0, 0.1) is 5.92 Å². The first-order chi connectivity index (χ1) is 6.43. The predicted molar refractivity (Wildman–Crippen MR) is 57.3 cm³/mol. The quantitative estimate of drug-likeness (QED) is 0.726. The van der Waals surface area contributed by atoms with Crippen LogP contribution in [0.15, 0.2) is 0 Å². The second-order valence-corrected chi connectivity index (χ2v) is 4.91. The molecule has 84 valence electrons. The van der Waals surface area contributed by atoms with Crippen LogP contribution in [0.1, 0.15) is 27.2 Å². The van der Waals surface area contributed by atoms with E-state index in [1.807, 2.05) is 14.1 Å². The van der Waals surface area contributed by atoms with Crippen molar-refractivity contribution in [2.75, 3.05) is 14.1 Å². The molecule has 0 spiro atoms. The molecule has 0 amide bonds. The van der Waals surface area contributed by atoms with Crippen molar-refractivity contribution in [3.8, 4) is 0 Å². The minimum atomic E-state index is -0.360. The Balaban J connectivity index is 2.70. The van der Waals surface area contributed by atoms with E-state index in [0.717, 1.165) is 6.42 Å². The van der Waals surface area contributed by atoms with E-state index >= 15 is 0 Å². The van der Waals surface area contributed by atoms with Gasteiger partial charge in [-0.25, -0.2) is 0 Å². The van der Waals surface area contributed by atoms with E-state index in [1.54, 1.807) is 0 Å². The molecule has 4 unspecified atom stereocenters. The van der Waals surface area contributed by atoms with E-state index in [9.17, 15) is 5.11 Å². The van der Waals surface area contributed by atoms with Crippen molar-refractivity contribution >= 4 is 0 Å². The van der Waals surface area contributed by atoms with Crippen LogP contribution in [0.25, 0.3) is 0 Å². The highest BCUT2D eigenvalue weighted by molar-refractivity contribution is 4.90. The number of hydrogen-bond donors (Lipinski definition) is 1. The zero-order chi connectivity index (χ0) is 10.9. The van der Waals surface area contributed by atoms with Gasteiger partial charge in [0.05, 0.1) is 18.3 Å². The largest absolute Gasteiger partial charge is 0.389 e. The standard InChI is InChI=1S/C11H23NO2/c1-7(2)11-10(13)9(12(4)5)6-8(3)14-11/h7-11,13H,6H2,1-5H3. The molecule has 14 heavy (non-hydrogen) atoms. The summed E-state index contributed by atoms with van der Waals surface area (Å²) in [6.07, 6.45) is 0.780. The average Bonchev–Trinajstić information content (AvgIpc) is 2.07. The molecule has 0 aromatic rings. The molecule has 0 bridgehead atoms. The molecule has 1 aliphatic rings. The first-order valence-corrected chi connectivity index (χ1v) is 5.43. The van der Waals surface area contributed by atoms with Gasteiger partial charge in [-0.2, -0.15) is 0 Å². The van der Waals surface area contributed by atoms with Gasteiger partial charge in [0.1, 0.15) is 0 Å². The first kappa shape index (κ1) is 12.0. The molecule has 0 aliphatic carbocycles. The minimum absolute atomic E-state index is 0.0221. The third-order valence-corrected chi connectivity index (χ3v) is 3.01. The Morgan fingerprint density at radius 2 is 1.93 bits per heavy atom. The molecule has 4 atom stereocenters. The zero-order valence-corrected chi connectivity index (χ0v) is 9.90. The fourth-order valence-corrected chi connectivity index (χ4v) is 2.17. The number of nitrogens with zero attached hydrogens (tertiary/aromatic N) is 1. The monoisotopic (exact) mass is 201 g/mol. The summed E-state index contributed by atoms with van der Waals surface area (Å²) >= 11 is 0. The maximum atomic E-state index is 10.1. The van der Waals surface area contributed by atoms with E-state index in [1.165, 1.54) is 0 Å². The van der Waals surface area contributed by atoms with Crippen LogP contribution < -0.4 is 0 Å². The van der Waals surface area contributed by atoms with Crippen molar-refractivity contribution in [1.82, 2.24) is 4.90 Å². The van der Waals surface area contributed by atoms with Gasteiger partial charge in [0.15, 0.2) is 0 Å². The molecule has 3 nitrogen and oxygen atoms in total. The van der Waals surface area contributed by atoms with E-state index in [-0.39, 0.29) is 24.4 Å². The molecule has 1 N–H and O–H groups in total. The maximum Gasteiger partial charge on any atom is 0.0959 e. The summed E-state index contributed by atoms with van der Waals surface area (Å²) in [5.41, 5.74) is 0. The molecule has 1 aliphatic heterocycles. The van der Waals surface area contributed by atoms with E-state index < -0.39 is 0 Å². The number of aliphatic hydroxyl groups is 1. The molecule has 1 fully saturated rings.